The molecular weight excluding hydrogens is 326 g/mol. The zero-order valence-electron chi connectivity index (χ0n) is 12.4. The maximum absolute atomic E-state index is 5.96. The molecule has 3 rings (SSSR count). The fourth-order valence-corrected chi connectivity index (χ4v) is 3.33. The van der Waals surface area contributed by atoms with Gasteiger partial charge in [0.15, 0.2) is 0 Å². The second-order valence-electron chi connectivity index (χ2n) is 5.52. The Balaban J connectivity index is 2.06. The van der Waals surface area contributed by atoms with Gasteiger partial charge in [0.1, 0.15) is 5.75 Å². The van der Waals surface area contributed by atoms with Crippen LogP contribution in [-0.2, 0) is 6.42 Å². The smallest absolute Gasteiger partial charge is 0.127 e. The van der Waals surface area contributed by atoms with Crippen molar-refractivity contribution < 1.29 is 4.74 Å². The maximum atomic E-state index is 5.96. The fraction of sp³-hybridized carbons (Fsp3) is 0.333. The molecule has 0 amide bonds. The third-order valence-corrected chi connectivity index (χ3v) is 4.95. The van der Waals surface area contributed by atoms with Gasteiger partial charge in [-0.05, 0) is 49.6 Å². The summed E-state index contributed by atoms with van der Waals surface area (Å²) in [7, 11) is 2.00. The average Bonchev–Trinajstić information content (AvgIpc) is 2.52. The molecular formula is C18H20BrNO. The summed E-state index contributed by atoms with van der Waals surface area (Å²) < 4.78 is 7.11. The zero-order valence-corrected chi connectivity index (χ0v) is 14.0. The predicted molar refractivity (Wildman–Crippen MR) is 90.0 cm³/mol. The van der Waals surface area contributed by atoms with E-state index in [9.17, 15) is 0 Å². The molecule has 2 aromatic carbocycles. The molecule has 1 atom stereocenters. The van der Waals surface area contributed by atoms with Crippen LogP contribution in [0.2, 0.25) is 0 Å². The first-order valence-electron chi connectivity index (χ1n) is 7.38. The number of ether oxygens (including phenoxy) is 1. The molecule has 0 aliphatic carbocycles. The van der Waals surface area contributed by atoms with Crippen molar-refractivity contribution in [1.29, 1.82) is 0 Å². The molecule has 0 saturated carbocycles. The van der Waals surface area contributed by atoms with Crippen molar-refractivity contribution in [2.24, 2.45) is 0 Å². The molecule has 1 aliphatic heterocycles. The average molecular weight is 346 g/mol. The first kappa shape index (κ1) is 14.6. The summed E-state index contributed by atoms with van der Waals surface area (Å²) in [5.74, 6) is 1.07. The Labute approximate surface area is 134 Å². The summed E-state index contributed by atoms with van der Waals surface area (Å²) in [5, 5.41) is 3.43. The molecule has 1 aliphatic rings. The molecule has 0 radical (unpaired) electrons. The van der Waals surface area contributed by atoms with Crippen molar-refractivity contribution in [3.8, 4) is 5.75 Å². The van der Waals surface area contributed by atoms with E-state index in [2.05, 4.69) is 64.6 Å². The van der Waals surface area contributed by atoms with Gasteiger partial charge >= 0.3 is 0 Å². The second-order valence-corrected chi connectivity index (χ2v) is 6.37. The minimum absolute atomic E-state index is 0.148. The Kier molecular flexibility index (Phi) is 4.32. The Morgan fingerprint density at radius 2 is 2.10 bits per heavy atom. The highest BCUT2D eigenvalue weighted by molar-refractivity contribution is 9.10. The lowest BCUT2D eigenvalue weighted by atomic mass is 9.93. The SMILES string of the molecule is CNC(c1ccc(C)c(Br)c1)c1cccc2c1OCCC2. The van der Waals surface area contributed by atoms with Crippen molar-refractivity contribution in [1.82, 2.24) is 5.32 Å². The van der Waals surface area contributed by atoms with E-state index < -0.39 is 0 Å². The highest BCUT2D eigenvalue weighted by Crippen LogP contribution is 2.36. The van der Waals surface area contributed by atoms with Gasteiger partial charge in [-0.25, -0.2) is 0 Å². The predicted octanol–water partition coefficient (Wildman–Crippen LogP) is 4.39. The Hall–Kier alpha value is -1.32. The van der Waals surface area contributed by atoms with Crippen molar-refractivity contribution in [3.05, 3.63) is 63.1 Å². The van der Waals surface area contributed by atoms with Gasteiger partial charge in [0.2, 0.25) is 0 Å². The largest absolute Gasteiger partial charge is 0.493 e. The van der Waals surface area contributed by atoms with Crippen LogP contribution < -0.4 is 10.1 Å². The van der Waals surface area contributed by atoms with E-state index in [0.29, 0.717) is 0 Å². The minimum Gasteiger partial charge on any atom is -0.493 e. The van der Waals surface area contributed by atoms with Crippen LogP contribution in [0.4, 0.5) is 0 Å². The summed E-state index contributed by atoms with van der Waals surface area (Å²) >= 11 is 3.63. The lowest BCUT2D eigenvalue weighted by Crippen LogP contribution is -2.20. The normalized spacial score (nSPS) is 15.2. The molecule has 2 nitrogen and oxygen atoms in total. The number of hydrogen-bond acceptors (Lipinski definition) is 2. The summed E-state index contributed by atoms with van der Waals surface area (Å²) in [6, 6.07) is 13.2. The van der Waals surface area contributed by atoms with Crippen LogP contribution in [0.3, 0.4) is 0 Å². The van der Waals surface area contributed by atoms with Crippen molar-refractivity contribution in [2.75, 3.05) is 13.7 Å². The van der Waals surface area contributed by atoms with E-state index in [1.54, 1.807) is 0 Å². The lowest BCUT2D eigenvalue weighted by molar-refractivity contribution is 0.283. The lowest BCUT2D eigenvalue weighted by Gasteiger charge is -2.25. The molecule has 1 N–H and O–H groups in total. The quantitative estimate of drug-likeness (QED) is 0.890. The van der Waals surface area contributed by atoms with Crippen LogP contribution in [-0.4, -0.2) is 13.7 Å². The van der Waals surface area contributed by atoms with Gasteiger partial charge in [0.05, 0.1) is 12.6 Å². The number of para-hydroxylation sites is 1. The van der Waals surface area contributed by atoms with Gasteiger partial charge in [-0.3, -0.25) is 0 Å². The molecule has 1 heterocycles. The van der Waals surface area contributed by atoms with E-state index >= 15 is 0 Å². The third-order valence-electron chi connectivity index (χ3n) is 4.09. The Bertz CT molecular complexity index is 654. The Morgan fingerprint density at radius 3 is 2.86 bits per heavy atom. The highest BCUT2D eigenvalue weighted by Gasteiger charge is 2.21. The molecule has 21 heavy (non-hydrogen) atoms. The standard InChI is InChI=1S/C18H20BrNO/c1-12-8-9-14(11-16(12)19)17(20-2)15-7-3-5-13-6-4-10-21-18(13)15/h3,5,7-9,11,17,20H,4,6,10H2,1-2H3. The zero-order chi connectivity index (χ0) is 14.8. The summed E-state index contributed by atoms with van der Waals surface area (Å²) in [6.07, 6.45) is 2.22. The van der Waals surface area contributed by atoms with Gasteiger partial charge in [-0.1, -0.05) is 46.3 Å². The van der Waals surface area contributed by atoms with Gasteiger partial charge in [0, 0.05) is 10.0 Å². The third kappa shape index (κ3) is 2.85. The van der Waals surface area contributed by atoms with Gasteiger partial charge < -0.3 is 10.1 Å². The first-order valence-corrected chi connectivity index (χ1v) is 8.18. The molecule has 2 aromatic rings. The molecule has 0 bridgehead atoms. The molecule has 1 unspecified atom stereocenters. The van der Waals surface area contributed by atoms with Crippen molar-refractivity contribution in [2.45, 2.75) is 25.8 Å². The minimum atomic E-state index is 0.148. The fourth-order valence-electron chi connectivity index (χ4n) is 2.93. The number of halogens is 1. The van der Waals surface area contributed by atoms with E-state index in [1.807, 2.05) is 7.05 Å². The number of benzene rings is 2. The summed E-state index contributed by atoms with van der Waals surface area (Å²) in [4.78, 5) is 0. The van der Waals surface area contributed by atoms with Crippen molar-refractivity contribution >= 4 is 15.9 Å². The maximum Gasteiger partial charge on any atom is 0.127 e. The molecule has 110 valence electrons. The van der Waals surface area contributed by atoms with E-state index in [1.165, 1.54) is 22.3 Å². The van der Waals surface area contributed by atoms with Crippen LogP contribution >= 0.6 is 15.9 Å². The summed E-state index contributed by atoms with van der Waals surface area (Å²) in [5.41, 5.74) is 5.05. The van der Waals surface area contributed by atoms with Crippen molar-refractivity contribution in [3.63, 3.8) is 0 Å². The van der Waals surface area contributed by atoms with Gasteiger partial charge in [-0.15, -0.1) is 0 Å². The van der Waals surface area contributed by atoms with E-state index in [0.717, 1.165) is 29.7 Å². The molecule has 0 saturated heterocycles. The van der Waals surface area contributed by atoms with Gasteiger partial charge in [-0.2, -0.15) is 0 Å². The molecule has 0 aromatic heterocycles. The van der Waals surface area contributed by atoms with E-state index in [4.69, 9.17) is 4.74 Å². The molecule has 3 heteroatoms. The molecule has 0 spiro atoms. The Morgan fingerprint density at radius 1 is 1.24 bits per heavy atom. The van der Waals surface area contributed by atoms with Crippen LogP contribution in [0, 0.1) is 6.92 Å². The second kappa shape index (κ2) is 6.20. The highest BCUT2D eigenvalue weighted by atomic mass is 79.9. The van der Waals surface area contributed by atoms with Crippen LogP contribution in [0.25, 0.3) is 0 Å². The molecule has 0 fully saturated rings. The van der Waals surface area contributed by atoms with Crippen LogP contribution in [0.1, 0.15) is 34.7 Å². The number of hydrogen-bond donors (Lipinski definition) is 1. The van der Waals surface area contributed by atoms with E-state index in [-0.39, 0.29) is 6.04 Å². The number of rotatable bonds is 3. The first-order chi connectivity index (χ1) is 10.2. The van der Waals surface area contributed by atoms with Crippen LogP contribution in [0.5, 0.6) is 5.75 Å². The van der Waals surface area contributed by atoms with Gasteiger partial charge in [0.25, 0.3) is 0 Å². The monoisotopic (exact) mass is 345 g/mol. The number of fused-ring (bicyclic) bond motifs is 1. The number of aryl methyl sites for hydroxylation is 2. The van der Waals surface area contributed by atoms with Crippen LogP contribution in [0.15, 0.2) is 40.9 Å². The topological polar surface area (TPSA) is 21.3 Å². The summed E-state index contributed by atoms with van der Waals surface area (Å²) in [6.45, 7) is 2.92. The number of nitrogens with one attached hydrogen (secondary N) is 1.